The van der Waals surface area contributed by atoms with Gasteiger partial charge >= 0.3 is 0 Å². The largest absolute Gasteiger partial charge is 0.497 e. The van der Waals surface area contributed by atoms with E-state index in [1.807, 2.05) is 30.3 Å². The summed E-state index contributed by atoms with van der Waals surface area (Å²) in [4.78, 5) is 12.0. The predicted octanol–water partition coefficient (Wildman–Crippen LogP) is 2.66. The van der Waals surface area contributed by atoms with Gasteiger partial charge in [0.25, 0.3) is 0 Å². The minimum atomic E-state index is -0.00324. The van der Waals surface area contributed by atoms with Gasteiger partial charge < -0.3 is 4.74 Å². The summed E-state index contributed by atoms with van der Waals surface area (Å²) in [5.74, 6) is 1.39. The predicted molar refractivity (Wildman–Crippen MR) is 60.9 cm³/mol. The van der Waals surface area contributed by atoms with Crippen molar-refractivity contribution in [1.29, 1.82) is 0 Å². The van der Waals surface area contributed by atoms with Crippen molar-refractivity contribution in [2.75, 3.05) is 6.61 Å². The smallest absolute Gasteiger partial charge is 0.167 e. The first-order chi connectivity index (χ1) is 7.86. The molecule has 0 spiro atoms. The molecule has 0 radical (unpaired) electrons. The van der Waals surface area contributed by atoms with E-state index in [9.17, 15) is 4.79 Å². The molecule has 1 aromatic rings. The molecule has 3 rings (SSSR count). The van der Waals surface area contributed by atoms with Gasteiger partial charge in [-0.05, 0) is 18.4 Å². The summed E-state index contributed by atoms with van der Waals surface area (Å²) in [5.41, 5.74) is 1.12. The molecule has 1 saturated heterocycles. The minimum absolute atomic E-state index is 0.00324. The van der Waals surface area contributed by atoms with Crippen molar-refractivity contribution >= 4 is 5.78 Å². The number of ketones is 1. The Labute approximate surface area is 94.9 Å². The van der Waals surface area contributed by atoms with Crippen LogP contribution in [0.4, 0.5) is 0 Å². The fourth-order valence-electron chi connectivity index (χ4n) is 2.71. The Kier molecular flexibility index (Phi) is 2.28. The number of benzene rings is 1. The van der Waals surface area contributed by atoms with Gasteiger partial charge in [-0.3, -0.25) is 4.79 Å². The zero-order valence-electron chi connectivity index (χ0n) is 9.06. The van der Waals surface area contributed by atoms with E-state index in [1.54, 1.807) is 6.08 Å². The molecule has 1 fully saturated rings. The maximum absolute atomic E-state index is 12.0. The number of ether oxygens (including phenoxy) is 1. The Hall–Kier alpha value is -1.57. The summed E-state index contributed by atoms with van der Waals surface area (Å²) >= 11 is 0. The van der Waals surface area contributed by atoms with Crippen molar-refractivity contribution in [3.05, 3.63) is 47.7 Å². The average molecular weight is 214 g/mol. The van der Waals surface area contributed by atoms with E-state index in [2.05, 4.69) is 0 Å². The van der Waals surface area contributed by atoms with Crippen LogP contribution in [0.5, 0.6) is 0 Å². The maximum Gasteiger partial charge on any atom is 0.167 e. The number of carbonyl (C=O) groups is 1. The van der Waals surface area contributed by atoms with Crippen LogP contribution in [0.3, 0.4) is 0 Å². The molecule has 2 heteroatoms. The van der Waals surface area contributed by atoms with E-state index in [0.29, 0.717) is 0 Å². The third-order valence-corrected chi connectivity index (χ3v) is 3.45. The van der Waals surface area contributed by atoms with Crippen molar-refractivity contribution in [3.8, 4) is 0 Å². The lowest BCUT2D eigenvalue weighted by Gasteiger charge is -2.26. The summed E-state index contributed by atoms with van der Waals surface area (Å²) in [7, 11) is 0. The zero-order chi connectivity index (χ0) is 11.0. The number of allylic oxidation sites excluding steroid dienone is 2. The molecular weight excluding hydrogens is 200 g/mol. The molecule has 2 unspecified atom stereocenters. The van der Waals surface area contributed by atoms with E-state index in [0.717, 1.165) is 30.8 Å². The number of rotatable bonds is 1. The third-order valence-electron chi connectivity index (χ3n) is 3.45. The molecule has 2 nitrogen and oxygen atoms in total. The fraction of sp³-hybridized carbons (Fsp3) is 0.357. The fourth-order valence-corrected chi connectivity index (χ4v) is 2.71. The zero-order valence-corrected chi connectivity index (χ0v) is 9.06. The molecule has 0 bridgehead atoms. The van der Waals surface area contributed by atoms with Crippen LogP contribution in [-0.2, 0) is 9.53 Å². The minimum Gasteiger partial charge on any atom is -0.497 e. The van der Waals surface area contributed by atoms with Crippen LogP contribution in [0.25, 0.3) is 0 Å². The van der Waals surface area contributed by atoms with Gasteiger partial charge in [0.1, 0.15) is 5.76 Å². The first-order valence-electron chi connectivity index (χ1n) is 5.79. The second-order valence-corrected chi connectivity index (χ2v) is 4.43. The highest BCUT2D eigenvalue weighted by Crippen LogP contribution is 2.42. The van der Waals surface area contributed by atoms with Gasteiger partial charge in [-0.25, -0.2) is 0 Å². The quantitative estimate of drug-likeness (QED) is 0.718. The first kappa shape index (κ1) is 9.64. The molecule has 82 valence electrons. The van der Waals surface area contributed by atoms with Crippen LogP contribution in [0.1, 0.15) is 24.3 Å². The topological polar surface area (TPSA) is 26.3 Å². The summed E-state index contributed by atoms with van der Waals surface area (Å²) in [6.45, 7) is 0.761. The van der Waals surface area contributed by atoms with E-state index < -0.39 is 0 Å². The molecule has 16 heavy (non-hydrogen) atoms. The monoisotopic (exact) mass is 214 g/mol. The van der Waals surface area contributed by atoms with Crippen LogP contribution in [0.15, 0.2) is 42.2 Å². The van der Waals surface area contributed by atoms with Gasteiger partial charge in [-0.2, -0.15) is 0 Å². The summed E-state index contributed by atoms with van der Waals surface area (Å²) in [6.07, 6.45) is 3.82. The number of fused-ring (bicyclic) bond motifs is 1. The van der Waals surface area contributed by atoms with Crippen molar-refractivity contribution in [3.63, 3.8) is 0 Å². The molecule has 0 N–H and O–H groups in total. The lowest BCUT2D eigenvalue weighted by molar-refractivity contribution is -0.116. The normalized spacial score (nSPS) is 28.2. The molecule has 1 heterocycles. The van der Waals surface area contributed by atoms with Gasteiger partial charge in [0.05, 0.1) is 12.5 Å². The van der Waals surface area contributed by atoms with Crippen molar-refractivity contribution in [2.24, 2.45) is 5.92 Å². The van der Waals surface area contributed by atoms with E-state index >= 15 is 0 Å². The van der Waals surface area contributed by atoms with Crippen LogP contribution < -0.4 is 0 Å². The molecule has 1 aliphatic heterocycles. The summed E-state index contributed by atoms with van der Waals surface area (Å²) in [6, 6.07) is 10.0. The maximum atomic E-state index is 12.0. The van der Waals surface area contributed by atoms with Gasteiger partial charge in [-0.1, -0.05) is 30.3 Å². The van der Waals surface area contributed by atoms with E-state index in [4.69, 9.17) is 4.74 Å². The van der Waals surface area contributed by atoms with Crippen LogP contribution in [0.2, 0.25) is 0 Å². The highest BCUT2D eigenvalue weighted by Gasteiger charge is 2.39. The SMILES string of the molecule is O=C1C=C2OCCCC2C1c1ccccc1. The molecule has 1 aromatic carbocycles. The lowest BCUT2D eigenvalue weighted by Crippen LogP contribution is -2.20. The Morgan fingerprint density at radius 2 is 2.00 bits per heavy atom. The average Bonchev–Trinajstić information content (AvgIpc) is 2.66. The van der Waals surface area contributed by atoms with Crippen LogP contribution >= 0.6 is 0 Å². The van der Waals surface area contributed by atoms with Gasteiger partial charge in [0.15, 0.2) is 5.78 Å². The standard InChI is InChI=1S/C14H14O2/c15-12-9-13-11(7-4-8-16-13)14(12)10-5-2-1-3-6-10/h1-3,5-6,9,11,14H,4,7-8H2. The second kappa shape index (κ2) is 3.78. The Bertz CT molecular complexity index is 433. The van der Waals surface area contributed by atoms with Gasteiger partial charge in [0.2, 0.25) is 0 Å². The van der Waals surface area contributed by atoms with Crippen LogP contribution in [-0.4, -0.2) is 12.4 Å². The van der Waals surface area contributed by atoms with Gasteiger partial charge in [0, 0.05) is 12.0 Å². The lowest BCUT2D eigenvalue weighted by atomic mass is 9.83. The van der Waals surface area contributed by atoms with Crippen LogP contribution in [0, 0.1) is 5.92 Å². The number of hydrogen-bond acceptors (Lipinski definition) is 2. The molecule has 0 amide bonds. The molecular formula is C14H14O2. The molecule has 2 aliphatic rings. The Balaban J connectivity index is 1.95. The molecule has 0 saturated carbocycles. The molecule has 1 aliphatic carbocycles. The van der Waals surface area contributed by atoms with Crippen molar-refractivity contribution in [1.82, 2.24) is 0 Å². The first-order valence-corrected chi connectivity index (χ1v) is 5.79. The second-order valence-electron chi connectivity index (χ2n) is 4.43. The number of hydrogen-bond donors (Lipinski definition) is 0. The highest BCUT2D eigenvalue weighted by atomic mass is 16.5. The van der Waals surface area contributed by atoms with Crippen molar-refractivity contribution in [2.45, 2.75) is 18.8 Å². The van der Waals surface area contributed by atoms with Gasteiger partial charge in [-0.15, -0.1) is 0 Å². The summed E-state index contributed by atoms with van der Waals surface area (Å²) < 4.78 is 5.56. The molecule has 0 aromatic heterocycles. The Morgan fingerprint density at radius 3 is 2.81 bits per heavy atom. The Morgan fingerprint density at radius 1 is 1.19 bits per heavy atom. The van der Waals surface area contributed by atoms with E-state index in [-0.39, 0.29) is 17.6 Å². The highest BCUT2D eigenvalue weighted by molar-refractivity contribution is 5.99. The number of carbonyl (C=O) groups excluding carboxylic acids is 1. The molecule has 2 atom stereocenters. The van der Waals surface area contributed by atoms with E-state index in [1.165, 1.54) is 0 Å². The van der Waals surface area contributed by atoms with Crippen molar-refractivity contribution < 1.29 is 9.53 Å². The summed E-state index contributed by atoms with van der Waals surface area (Å²) in [5, 5.41) is 0. The third kappa shape index (κ3) is 1.45.